The topological polar surface area (TPSA) is 26.3 Å². The van der Waals surface area contributed by atoms with Crippen LogP contribution >= 0.6 is 11.3 Å². The number of carbonyl (C=O) groups excluding carboxylic acids is 1. The molecule has 2 aromatic rings. The van der Waals surface area contributed by atoms with Gasteiger partial charge in [0, 0.05) is 0 Å². The zero-order chi connectivity index (χ0) is 13.7. The van der Waals surface area contributed by atoms with Crippen LogP contribution in [0.4, 0.5) is 0 Å². The van der Waals surface area contributed by atoms with Crippen molar-refractivity contribution in [3.8, 4) is 5.75 Å². The summed E-state index contributed by atoms with van der Waals surface area (Å²) in [5.74, 6) is 1.16. The Bertz CT molecular complexity index is 567. The molecule has 0 amide bonds. The summed E-state index contributed by atoms with van der Waals surface area (Å²) in [4.78, 5) is 11.6. The summed E-state index contributed by atoms with van der Waals surface area (Å²) >= 11 is 1.47. The summed E-state index contributed by atoms with van der Waals surface area (Å²) in [6, 6.07) is 10.00. The highest BCUT2D eigenvalue weighted by atomic mass is 32.1. The van der Waals surface area contributed by atoms with Gasteiger partial charge in [-0.15, -0.1) is 11.3 Å². The molecule has 2 nitrogen and oxygen atoms in total. The quantitative estimate of drug-likeness (QED) is 0.755. The third-order valence-corrected chi connectivity index (χ3v) is 3.90. The first-order valence-corrected chi connectivity index (χ1v) is 6.97. The fraction of sp³-hybridized carbons (Fsp3) is 0.188. The van der Waals surface area contributed by atoms with E-state index < -0.39 is 0 Å². The Hall–Kier alpha value is -1.87. The molecule has 2 rings (SSSR count). The van der Waals surface area contributed by atoms with Crippen LogP contribution in [0.25, 0.3) is 6.08 Å². The maximum Gasteiger partial charge on any atom is 0.160 e. The first kappa shape index (κ1) is 13.6. The molecule has 0 fully saturated rings. The van der Waals surface area contributed by atoms with Gasteiger partial charge < -0.3 is 4.74 Å². The van der Waals surface area contributed by atoms with Crippen LogP contribution in [0.1, 0.15) is 33.6 Å². The largest absolute Gasteiger partial charge is 0.497 e. The molecular formula is C16H16O2S. The van der Waals surface area contributed by atoms with Crippen molar-refractivity contribution in [1.29, 1.82) is 0 Å². The van der Waals surface area contributed by atoms with Crippen molar-refractivity contribution in [2.45, 2.75) is 12.8 Å². The average molecular weight is 272 g/mol. The number of hydrogen-bond donors (Lipinski definition) is 0. The first-order chi connectivity index (χ1) is 9.24. The molecule has 0 N–H and O–H groups in total. The van der Waals surface area contributed by atoms with E-state index in [0.717, 1.165) is 22.5 Å². The average Bonchev–Trinajstić information content (AvgIpc) is 2.92. The number of carbonyl (C=O) groups is 1. The molecule has 3 heteroatoms. The fourth-order valence-corrected chi connectivity index (χ4v) is 2.52. The van der Waals surface area contributed by atoms with E-state index >= 15 is 0 Å². The van der Waals surface area contributed by atoms with Crippen LogP contribution in [0, 0.1) is 0 Å². The van der Waals surface area contributed by atoms with Gasteiger partial charge in [-0.05, 0) is 40.6 Å². The van der Waals surface area contributed by atoms with E-state index in [9.17, 15) is 4.79 Å². The van der Waals surface area contributed by atoms with Crippen molar-refractivity contribution >= 4 is 23.7 Å². The Morgan fingerprint density at radius 3 is 2.58 bits per heavy atom. The summed E-state index contributed by atoms with van der Waals surface area (Å²) in [5, 5.41) is 1.93. The standard InChI is InChI=1S/C16H16O2S/c1-12(13-5-7-15(18-2)8-6-13)3-4-14-9-10-19-16(14)11-17/h3-12H,1-2H3/b4-3+. The van der Waals surface area contributed by atoms with E-state index in [4.69, 9.17) is 4.74 Å². The number of methoxy groups -OCH3 is 1. The zero-order valence-electron chi connectivity index (χ0n) is 11.0. The van der Waals surface area contributed by atoms with Crippen LogP contribution in [-0.2, 0) is 0 Å². The minimum absolute atomic E-state index is 0.297. The third kappa shape index (κ3) is 3.32. The second-order valence-electron chi connectivity index (χ2n) is 4.28. The Morgan fingerprint density at radius 1 is 1.21 bits per heavy atom. The highest BCUT2D eigenvalue weighted by Crippen LogP contribution is 2.22. The molecule has 98 valence electrons. The number of benzene rings is 1. The molecular weight excluding hydrogens is 256 g/mol. The van der Waals surface area contributed by atoms with Gasteiger partial charge in [0.25, 0.3) is 0 Å². The van der Waals surface area contributed by atoms with Gasteiger partial charge in [-0.2, -0.15) is 0 Å². The van der Waals surface area contributed by atoms with E-state index in [2.05, 4.69) is 25.1 Å². The van der Waals surface area contributed by atoms with Gasteiger partial charge in [0.15, 0.2) is 6.29 Å². The maximum atomic E-state index is 10.8. The molecule has 0 aliphatic rings. The van der Waals surface area contributed by atoms with Crippen molar-refractivity contribution in [2.24, 2.45) is 0 Å². The molecule has 1 unspecified atom stereocenters. The predicted molar refractivity (Wildman–Crippen MR) is 80.1 cm³/mol. The SMILES string of the molecule is COc1ccc(C(C)/C=C/c2ccsc2C=O)cc1. The first-order valence-electron chi connectivity index (χ1n) is 6.09. The predicted octanol–water partition coefficient (Wildman–Crippen LogP) is 4.39. The van der Waals surface area contributed by atoms with Gasteiger partial charge in [-0.3, -0.25) is 4.79 Å². The molecule has 0 spiro atoms. The number of ether oxygens (including phenoxy) is 1. The number of aldehydes is 1. The summed E-state index contributed by atoms with van der Waals surface area (Å²) in [6.45, 7) is 2.13. The highest BCUT2D eigenvalue weighted by Gasteiger charge is 2.03. The minimum atomic E-state index is 0.297. The number of hydrogen-bond acceptors (Lipinski definition) is 3. The zero-order valence-corrected chi connectivity index (χ0v) is 11.8. The second-order valence-corrected chi connectivity index (χ2v) is 5.23. The lowest BCUT2D eigenvalue weighted by atomic mass is 10.00. The van der Waals surface area contributed by atoms with E-state index in [1.165, 1.54) is 16.9 Å². The molecule has 19 heavy (non-hydrogen) atoms. The minimum Gasteiger partial charge on any atom is -0.497 e. The molecule has 1 heterocycles. The monoisotopic (exact) mass is 272 g/mol. The maximum absolute atomic E-state index is 10.8. The van der Waals surface area contributed by atoms with Gasteiger partial charge in [-0.1, -0.05) is 31.2 Å². The van der Waals surface area contributed by atoms with Gasteiger partial charge in [0.1, 0.15) is 5.75 Å². The summed E-state index contributed by atoms with van der Waals surface area (Å²) in [7, 11) is 1.66. The van der Waals surface area contributed by atoms with Crippen LogP contribution < -0.4 is 4.74 Å². The lowest BCUT2D eigenvalue weighted by molar-refractivity contribution is 0.112. The molecule has 0 saturated heterocycles. The summed E-state index contributed by atoms with van der Waals surface area (Å²) in [5.41, 5.74) is 2.21. The fourth-order valence-electron chi connectivity index (χ4n) is 1.83. The third-order valence-electron chi connectivity index (χ3n) is 3.04. The second kappa shape index (κ2) is 6.34. The van der Waals surface area contributed by atoms with E-state index in [-0.39, 0.29) is 0 Å². The molecule has 1 aromatic carbocycles. The molecule has 0 aliphatic carbocycles. The van der Waals surface area contributed by atoms with Gasteiger partial charge in [-0.25, -0.2) is 0 Å². The van der Waals surface area contributed by atoms with Crippen molar-refractivity contribution in [1.82, 2.24) is 0 Å². The van der Waals surface area contributed by atoms with Crippen LogP contribution in [0.5, 0.6) is 5.75 Å². The van der Waals surface area contributed by atoms with Crippen molar-refractivity contribution in [3.63, 3.8) is 0 Å². The lowest BCUT2D eigenvalue weighted by Crippen LogP contribution is -1.90. The summed E-state index contributed by atoms with van der Waals surface area (Å²) in [6.07, 6.45) is 5.02. The van der Waals surface area contributed by atoms with E-state index in [0.29, 0.717) is 5.92 Å². The Balaban J connectivity index is 2.11. The molecule has 0 radical (unpaired) electrons. The van der Waals surface area contributed by atoms with E-state index in [1.807, 2.05) is 29.7 Å². The van der Waals surface area contributed by atoms with Crippen molar-refractivity contribution in [3.05, 3.63) is 57.8 Å². The van der Waals surface area contributed by atoms with Crippen molar-refractivity contribution < 1.29 is 9.53 Å². The Labute approximate surface area is 117 Å². The van der Waals surface area contributed by atoms with E-state index in [1.54, 1.807) is 7.11 Å². The Morgan fingerprint density at radius 2 is 1.95 bits per heavy atom. The molecule has 0 saturated carbocycles. The van der Waals surface area contributed by atoms with Crippen LogP contribution in [0.3, 0.4) is 0 Å². The molecule has 0 bridgehead atoms. The lowest BCUT2D eigenvalue weighted by Gasteiger charge is -2.07. The molecule has 1 aromatic heterocycles. The number of allylic oxidation sites excluding steroid dienone is 1. The van der Waals surface area contributed by atoms with Crippen LogP contribution in [0.2, 0.25) is 0 Å². The van der Waals surface area contributed by atoms with Gasteiger partial charge in [0.05, 0.1) is 12.0 Å². The van der Waals surface area contributed by atoms with Gasteiger partial charge >= 0.3 is 0 Å². The summed E-state index contributed by atoms with van der Waals surface area (Å²) < 4.78 is 5.14. The normalized spacial score (nSPS) is 12.5. The molecule has 0 aliphatic heterocycles. The Kier molecular flexibility index (Phi) is 4.53. The van der Waals surface area contributed by atoms with Crippen LogP contribution in [0.15, 0.2) is 41.8 Å². The smallest absolute Gasteiger partial charge is 0.160 e. The van der Waals surface area contributed by atoms with Gasteiger partial charge in [0.2, 0.25) is 0 Å². The molecule has 1 atom stereocenters. The van der Waals surface area contributed by atoms with Crippen LogP contribution in [-0.4, -0.2) is 13.4 Å². The number of rotatable bonds is 5. The van der Waals surface area contributed by atoms with Crippen molar-refractivity contribution in [2.75, 3.05) is 7.11 Å². The number of thiophene rings is 1. The highest BCUT2D eigenvalue weighted by molar-refractivity contribution is 7.11.